The van der Waals surface area contributed by atoms with Crippen LogP contribution in [0.3, 0.4) is 0 Å². The predicted molar refractivity (Wildman–Crippen MR) is 57.5 cm³/mol. The molecule has 0 spiro atoms. The van der Waals surface area contributed by atoms with Crippen LogP contribution < -0.4 is 5.32 Å². The van der Waals surface area contributed by atoms with Crippen molar-refractivity contribution in [2.75, 3.05) is 33.3 Å². The van der Waals surface area contributed by atoms with Gasteiger partial charge in [0.05, 0.1) is 6.10 Å². The van der Waals surface area contributed by atoms with Gasteiger partial charge in [0, 0.05) is 19.2 Å². The lowest BCUT2D eigenvalue weighted by Gasteiger charge is -2.14. The Kier molecular flexibility index (Phi) is 3.79. The van der Waals surface area contributed by atoms with Gasteiger partial charge >= 0.3 is 0 Å². The van der Waals surface area contributed by atoms with Crippen molar-refractivity contribution in [3.8, 4) is 0 Å². The number of likely N-dealkylation sites (N-methyl/N-ethyl adjacent to an activating group) is 1. The maximum atomic E-state index is 5.59. The monoisotopic (exact) mass is 198 g/mol. The molecule has 2 saturated heterocycles. The molecule has 1 N–H and O–H groups in total. The maximum absolute atomic E-state index is 5.59. The fraction of sp³-hybridized carbons (Fsp3) is 1.00. The Balaban J connectivity index is 1.54. The zero-order valence-electron chi connectivity index (χ0n) is 9.17. The van der Waals surface area contributed by atoms with Crippen LogP contribution in [0, 0.1) is 0 Å². The fourth-order valence-electron chi connectivity index (χ4n) is 2.42. The van der Waals surface area contributed by atoms with Gasteiger partial charge in [0.1, 0.15) is 0 Å². The molecule has 0 amide bonds. The van der Waals surface area contributed by atoms with Crippen molar-refractivity contribution in [2.45, 2.75) is 37.8 Å². The molecule has 2 fully saturated rings. The van der Waals surface area contributed by atoms with E-state index in [1.165, 1.54) is 38.8 Å². The zero-order valence-corrected chi connectivity index (χ0v) is 9.17. The first-order valence-corrected chi connectivity index (χ1v) is 5.88. The average Bonchev–Trinajstić information content (AvgIpc) is 2.77. The van der Waals surface area contributed by atoms with Crippen molar-refractivity contribution in [1.82, 2.24) is 10.2 Å². The Morgan fingerprint density at radius 3 is 3.00 bits per heavy atom. The molecule has 2 aliphatic heterocycles. The lowest BCUT2D eigenvalue weighted by atomic mass is 10.1. The van der Waals surface area contributed by atoms with E-state index in [1.807, 2.05) is 0 Å². The first-order valence-electron chi connectivity index (χ1n) is 5.88. The maximum Gasteiger partial charge on any atom is 0.0588 e. The Hall–Kier alpha value is -0.120. The molecule has 0 aromatic heterocycles. The van der Waals surface area contributed by atoms with Crippen LogP contribution in [-0.2, 0) is 4.74 Å². The molecular formula is C11H22N2O. The number of likely N-dealkylation sites (tertiary alicyclic amines) is 1. The van der Waals surface area contributed by atoms with Crippen LogP contribution in [0.4, 0.5) is 0 Å². The molecule has 0 aromatic carbocycles. The highest BCUT2D eigenvalue weighted by Crippen LogP contribution is 2.15. The highest BCUT2D eigenvalue weighted by molar-refractivity contribution is 4.79. The van der Waals surface area contributed by atoms with Crippen molar-refractivity contribution in [3.63, 3.8) is 0 Å². The molecule has 2 aliphatic rings. The van der Waals surface area contributed by atoms with Crippen LogP contribution in [0.2, 0.25) is 0 Å². The van der Waals surface area contributed by atoms with Crippen molar-refractivity contribution in [1.29, 1.82) is 0 Å². The molecule has 0 bridgehead atoms. The molecule has 2 heterocycles. The smallest absolute Gasteiger partial charge is 0.0588 e. The van der Waals surface area contributed by atoms with E-state index in [-0.39, 0.29) is 0 Å². The normalized spacial score (nSPS) is 34.1. The standard InChI is InChI=1S/C11H22N2O/c1-13-7-5-10(9-13)12-6-4-11-3-2-8-14-11/h10-12H,2-9H2,1H3. The Labute approximate surface area is 86.8 Å². The SMILES string of the molecule is CN1CCC(NCCC2CCCO2)C1. The summed E-state index contributed by atoms with van der Waals surface area (Å²) < 4.78 is 5.59. The van der Waals surface area contributed by atoms with Gasteiger partial charge in [-0.1, -0.05) is 0 Å². The first-order chi connectivity index (χ1) is 6.84. The van der Waals surface area contributed by atoms with E-state index in [4.69, 9.17) is 4.74 Å². The molecule has 2 unspecified atom stereocenters. The van der Waals surface area contributed by atoms with E-state index in [1.54, 1.807) is 0 Å². The fourth-order valence-corrected chi connectivity index (χ4v) is 2.42. The second kappa shape index (κ2) is 5.10. The Morgan fingerprint density at radius 1 is 1.43 bits per heavy atom. The van der Waals surface area contributed by atoms with Crippen LogP contribution >= 0.6 is 0 Å². The van der Waals surface area contributed by atoms with E-state index in [9.17, 15) is 0 Å². The highest BCUT2D eigenvalue weighted by atomic mass is 16.5. The van der Waals surface area contributed by atoms with E-state index in [2.05, 4.69) is 17.3 Å². The zero-order chi connectivity index (χ0) is 9.80. The van der Waals surface area contributed by atoms with E-state index in [0.29, 0.717) is 6.10 Å². The van der Waals surface area contributed by atoms with Crippen molar-refractivity contribution < 1.29 is 4.74 Å². The minimum atomic E-state index is 0.543. The van der Waals surface area contributed by atoms with Gasteiger partial charge in [-0.2, -0.15) is 0 Å². The third-order valence-corrected chi connectivity index (χ3v) is 3.31. The van der Waals surface area contributed by atoms with E-state index >= 15 is 0 Å². The number of nitrogens with zero attached hydrogens (tertiary/aromatic N) is 1. The number of nitrogens with one attached hydrogen (secondary N) is 1. The quantitative estimate of drug-likeness (QED) is 0.725. The Morgan fingerprint density at radius 2 is 2.36 bits per heavy atom. The second-order valence-corrected chi connectivity index (χ2v) is 4.63. The molecule has 0 aliphatic carbocycles. The summed E-state index contributed by atoms with van der Waals surface area (Å²) in [5.41, 5.74) is 0. The van der Waals surface area contributed by atoms with Crippen molar-refractivity contribution >= 4 is 0 Å². The molecule has 82 valence electrons. The largest absolute Gasteiger partial charge is 0.378 e. The number of hydrogen-bond donors (Lipinski definition) is 1. The summed E-state index contributed by atoms with van der Waals surface area (Å²) in [4.78, 5) is 2.39. The van der Waals surface area contributed by atoms with Gasteiger partial charge in [-0.15, -0.1) is 0 Å². The van der Waals surface area contributed by atoms with Crippen molar-refractivity contribution in [2.24, 2.45) is 0 Å². The van der Waals surface area contributed by atoms with Crippen LogP contribution in [0.5, 0.6) is 0 Å². The summed E-state index contributed by atoms with van der Waals surface area (Å²) in [7, 11) is 2.20. The summed E-state index contributed by atoms with van der Waals surface area (Å²) in [5.74, 6) is 0. The van der Waals surface area contributed by atoms with Gasteiger partial charge in [0.2, 0.25) is 0 Å². The molecule has 0 aromatic rings. The third-order valence-electron chi connectivity index (χ3n) is 3.31. The second-order valence-electron chi connectivity index (χ2n) is 4.63. The van der Waals surface area contributed by atoms with Gasteiger partial charge in [-0.05, 0) is 45.8 Å². The third kappa shape index (κ3) is 2.94. The predicted octanol–water partition coefficient (Wildman–Crippen LogP) is 0.849. The summed E-state index contributed by atoms with van der Waals surface area (Å²) in [5, 5.41) is 3.62. The van der Waals surface area contributed by atoms with Crippen LogP contribution in [0.1, 0.15) is 25.7 Å². The molecule has 14 heavy (non-hydrogen) atoms. The molecule has 3 nitrogen and oxygen atoms in total. The Bertz CT molecular complexity index is 169. The van der Waals surface area contributed by atoms with Gasteiger partial charge in [-0.25, -0.2) is 0 Å². The number of rotatable bonds is 4. The molecule has 3 heteroatoms. The summed E-state index contributed by atoms with van der Waals surface area (Å²) in [6.07, 6.45) is 5.58. The van der Waals surface area contributed by atoms with Crippen LogP contribution in [0.25, 0.3) is 0 Å². The molecule has 0 radical (unpaired) electrons. The van der Waals surface area contributed by atoms with Gasteiger partial charge < -0.3 is 15.0 Å². The molecule has 2 rings (SSSR count). The minimum Gasteiger partial charge on any atom is -0.378 e. The molecular weight excluding hydrogens is 176 g/mol. The molecule has 2 atom stereocenters. The number of hydrogen-bond acceptors (Lipinski definition) is 3. The van der Waals surface area contributed by atoms with Gasteiger partial charge in [0.25, 0.3) is 0 Å². The van der Waals surface area contributed by atoms with Crippen LogP contribution in [0.15, 0.2) is 0 Å². The van der Waals surface area contributed by atoms with E-state index in [0.717, 1.165) is 19.2 Å². The lowest BCUT2D eigenvalue weighted by molar-refractivity contribution is 0.103. The number of ether oxygens (including phenoxy) is 1. The first kappa shape index (κ1) is 10.4. The van der Waals surface area contributed by atoms with Gasteiger partial charge in [0.15, 0.2) is 0 Å². The summed E-state index contributed by atoms with van der Waals surface area (Å²) >= 11 is 0. The minimum absolute atomic E-state index is 0.543. The average molecular weight is 198 g/mol. The topological polar surface area (TPSA) is 24.5 Å². The molecule has 0 saturated carbocycles. The van der Waals surface area contributed by atoms with Crippen molar-refractivity contribution in [3.05, 3.63) is 0 Å². The van der Waals surface area contributed by atoms with E-state index < -0.39 is 0 Å². The van der Waals surface area contributed by atoms with Gasteiger partial charge in [-0.3, -0.25) is 0 Å². The highest BCUT2D eigenvalue weighted by Gasteiger charge is 2.20. The summed E-state index contributed by atoms with van der Waals surface area (Å²) in [6, 6.07) is 0.724. The summed E-state index contributed by atoms with van der Waals surface area (Å²) in [6.45, 7) is 4.57. The lowest BCUT2D eigenvalue weighted by Crippen LogP contribution is -2.33. The van der Waals surface area contributed by atoms with Crippen LogP contribution in [-0.4, -0.2) is 50.3 Å².